The standard InChI is InChI=1S/C7H6F3N.C2H6/c1-5-3-2-4-6(11-5)7(8,9)10;1-2/h2-4H,1H3;1-2H3. The molecule has 74 valence electrons. The van der Waals surface area contributed by atoms with Crippen molar-refractivity contribution in [2.24, 2.45) is 0 Å². The van der Waals surface area contributed by atoms with Gasteiger partial charge in [-0.25, -0.2) is 4.98 Å². The molecule has 1 aromatic rings. The molecule has 1 nitrogen and oxygen atoms in total. The van der Waals surface area contributed by atoms with E-state index >= 15 is 0 Å². The number of pyridine rings is 1. The molecule has 0 aromatic carbocycles. The Hall–Kier alpha value is -1.06. The van der Waals surface area contributed by atoms with Gasteiger partial charge in [-0.05, 0) is 19.1 Å². The van der Waals surface area contributed by atoms with E-state index in [1.807, 2.05) is 13.8 Å². The van der Waals surface area contributed by atoms with Crippen LogP contribution in [0.1, 0.15) is 25.2 Å². The normalized spacial score (nSPS) is 10.3. The van der Waals surface area contributed by atoms with Crippen LogP contribution in [0, 0.1) is 6.92 Å². The Morgan fingerprint density at radius 2 is 1.69 bits per heavy atom. The first kappa shape index (κ1) is 11.9. The van der Waals surface area contributed by atoms with Crippen LogP contribution in [0.25, 0.3) is 0 Å². The fraction of sp³-hybridized carbons (Fsp3) is 0.444. The Morgan fingerprint density at radius 1 is 1.15 bits per heavy atom. The first-order chi connectivity index (χ1) is 6.00. The van der Waals surface area contributed by atoms with E-state index < -0.39 is 11.9 Å². The maximum atomic E-state index is 11.9. The van der Waals surface area contributed by atoms with Crippen molar-refractivity contribution in [3.8, 4) is 0 Å². The smallest absolute Gasteiger partial charge is 0.249 e. The van der Waals surface area contributed by atoms with Crippen LogP contribution in [-0.2, 0) is 6.18 Å². The summed E-state index contributed by atoms with van der Waals surface area (Å²) < 4.78 is 35.7. The van der Waals surface area contributed by atoms with Crippen LogP contribution in [0.4, 0.5) is 13.2 Å². The average molecular weight is 191 g/mol. The van der Waals surface area contributed by atoms with Gasteiger partial charge >= 0.3 is 6.18 Å². The number of rotatable bonds is 0. The summed E-state index contributed by atoms with van der Waals surface area (Å²) in [6, 6.07) is 3.81. The largest absolute Gasteiger partial charge is 0.433 e. The molecule has 1 heterocycles. The van der Waals surface area contributed by atoms with Crippen molar-refractivity contribution in [2.45, 2.75) is 26.9 Å². The van der Waals surface area contributed by atoms with Gasteiger partial charge in [0.2, 0.25) is 0 Å². The van der Waals surface area contributed by atoms with Gasteiger partial charge in [0.05, 0.1) is 0 Å². The van der Waals surface area contributed by atoms with Gasteiger partial charge < -0.3 is 0 Å². The lowest BCUT2D eigenvalue weighted by Crippen LogP contribution is -2.07. The minimum absolute atomic E-state index is 0.375. The topological polar surface area (TPSA) is 12.9 Å². The second kappa shape index (κ2) is 4.84. The van der Waals surface area contributed by atoms with Crippen LogP contribution in [0.3, 0.4) is 0 Å². The third-order valence-electron chi connectivity index (χ3n) is 1.18. The maximum Gasteiger partial charge on any atom is 0.433 e. The predicted octanol–water partition coefficient (Wildman–Crippen LogP) is 3.44. The highest BCUT2D eigenvalue weighted by molar-refractivity contribution is 5.12. The van der Waals surface area contributed by atoms with E-state index in [0.29, 0.717) is 5.69 Å². The predicted molar refractivity (Wildman–Crippen MR) is 45.3 cm³/mol. The van der Waals surface area contributed by atoms with E-state index in [1.165, 1.54) is 19.1 Å². The molecule has 0 amide bonds. The summed E-state index contributed by atoms with van der Waals surface area (Å²) in [4.78, 5) is 3.32. The molecule has 0 atom stereocenters. The highest BCUT2D eigenvalue weighted by Gasteiger charge is 2.31. The van der Waals surface area contributed by atoms with Crippen molar-refractivity contribution in [2.75, 3.05) is 0 Å². The Morgan fingerprint density at radius 3 is 2.00 bits per heavy atom. The molecule has 0 aliphatic carbocycles. The van der Waals surface area contributed by atoms with E-state index in [4.69, 9.17) is 0 Å². The zero-order chi connectivity index (χ0) is 10.5. The quantitative estimate of drug-likeness (QED) is 0.612. The lowest BCUT2D eigenvalue weighted by atomic mass is 10.3. The molecule has 0 bridgehead atoms. The molecular formula is C9H12F3N. The van der Waals surface area contributed by atoms with Crippen molar-refractivity contribution >= 4 is 0 Å². The molecule has 4 heteroatoms. The monoisotopic (exact) mass is 191 g/mol. The third kappa shape index (κ3) is 3.92. The minimum atomic E-state index is -4.33. The first-order valence-electron chi connectivity index (χ1n) is 4.01. The first-order valence-corrected chi connectivity index (χ1v) is 4.01. The van der Waals surface area contributed by atoms with Gasteiger partial charge in [-0.3, -0.25) is 0 Å². The fourth-order valence-corrected chi connectivity index (χ4v) is 0.701. The van der Waals surface area contributed by atoms with Crippen LogP contribution in [-0.4, -0.2) is 4.98 Å². The molecule has 0 aliphatic rings. The van der Waals surface area contributed by atoms with Crippen molar-refractivity contribution in [3.63, 3.8) is 0 Å². The molecule has 0 fully saturated rings. The van der Waals surface area contributed by atoms with E-state index in [0.717, 1.165) is 6.07 Å². The fourth-order valence-electron chi connectivity index (χ4n) is 0.701. The molecule has 1 aromatic heterocycles. The number of halogens is 3. The van der Waals surface area contributed by atoms with Crippen LogP contribution < -0.4 is 0 Å². The molecule has 0 spiro atoms. The van der Waals surface area contributed by atoms with Gasteiger partial charge in [0.25, 0.3) is 0 Å². The highest BCUT2D eigenvalue weighted by atomic mass is 19.4. The zero-order valence-corrected chi connectivity index (χ0v) is 7.81. The van der Waals surface area contributed by atoms with Crippen molar-refractivity contribution < 1.29 is 13.2 Å². The van der Waals surface area contributed by atoms with Crippen LogP contribution >= 0.6 is 0 Å². The summed E-state index contributed by atoms with van der Waals surface area (Å²) in [5, 5.41) is 0. The van der Waals surface area contributed by atoms with E-state index in [9.17, 15) is 13.2 Å². The van der Waals surface area contributed by atoms with E-state index in [-0.39, 0.29) is 0 Å². The van der Waals surface area contributed by atoms with Crippen molar-refractivity contribution in [1.82, 2.24) is 4.98 Å². The van der Waals surface area contributed by atoms with Gasteiger partial charge in [0.1, 0.15) is 5.69 Å². The molecule has 0 radical (unpaired) electrons. The van der Waals surface area contributed by atoms with Gasteiger partial charge in [-0.2, -0.15) is 13.2 Å². The van der Waals surface area contributed by atoms with Crippen LogP contribution in [0.5, 0.6) is 0 Å². The molecule has 0 unspecified atom stereocenters. The summed E-state index contributed by atoms with van der Waals surface area (Å²) in [6.45, 7) is 5.52. The molecule has 13 heavy (non-hydrogen) atoms. The lowest BCUT2D eigenvalue weighted by molar-refractivity contribution is -0.141. The van der Waals surface area contributed by atoms with E-state index in [2.05, 4.69) is 4.98 Å². The van der Waals surface area contributed by atoms with Gasteiger partial charge in [-0.15, -0.1) is 0 Å². The maximum absolute atomic E-state index is 11.9. The zero-order valence-electron chi connectivity index (χ0n) is 7.81. The second-order valence-corrected chi connectivity index (χ2v) is 2.16. The third-order valence-corrected chi connectivity index (χ3v) is 1.18. The second-order valence-electron chi connectivity index (χ2n) is 2.16. The summed E-state index contributed by atoms with van der Waals surface area (Å²) in [5.74, 6) is 0. The molecule has 0 saturated carbocycles. The van der Waals surface area contributed by atoms with Crippen molar-refractivity contribution in [3.05, 3.63) is 29.6 Å². The molecule has 1 rings (SSSR count). The summed E-state index contributed by atoms with van der Waals surface area (Å²) in [5.41, 5.74) is -0.461. The molecule has 0 N–H and O–H groups in total. The van der Waals surface area contributed by atoms with E-state index in [1.54, 1.807) is 0 Å². The average Bonchev–Trinajstić information content (AvgIpc) is 2.06. The van der Waals surface area contributed by atoms with Gasteiger partial charge in [0, 0.05) is 5.69 Å². The van der Waals surface area contributed by atoms with Gasteiger partial charge in [-0.1, -0.05) is 19.9 Å². The summed E-state index contributed by atoms with van der Waals surface area (Å²) in [6.07, 6.45) is -4.33. The van der Waals surface area contributed by atoms with Crippen LogP contribution in [0.2, 0.25) is 0 Å². The number of aryl methyl sites for hydroxylation is 1. The Balaban J connectivity index is 0.000000671. The highest BCUT2D eigenvalue weighted by Crippen LogP contribution is 2.27. The SMILES string of the molecule is CC.Cc1cccc(C(F)(F)F)n1. The number of hydrogen-bond donors (Lipinski definition) is 0. The summed E-state index contributed by atoms with van der Waals surface area (Å²) >= 11 is 0. The lowest BCUT2D eigenvalue weighted by Gasteiger charge is -2.04. The summed E-state index contributed by atoms with van der Waals surface area (Å²) in [7, 11) is 0. The Kier molecular flexibility index (Phi) is 4.45. The van der Waals surface area contributed by atoms with Crippen molar-refractivity contribution in [1.29, 1.82) is 0 Å². The number of nitrogens with zero attached hydrogens (tertiary/aromatic N) is 1. The number of hydrogen-bond acceptors (Lipinski definition) is 1. The molecular weight excluding hydrogens is 179 g/mol. The molecule has 0 aliphatic heterocycles. The Labute approximate surface area is 75.6 Å². The minimum Gasteiger partial charge on any atom is -0.249 e. The number of aromatic nitrogens is 1. The number of alkyl halides is 3. The molecule has 0 saturated heterocycles. The van der Waals surface area contributed by atoms with Gasteiger partial charge in [0.15, 0.2) is 0 Å². The Bertz CT molecular complexity index is 255. The van der Waals surface area contributed by atoms with Crippen LogP contribution in [0.15, 0.2) is 18.2 Å².